The number of carbonyl (C=O) groups is 1. The Kier molecular flexibility index (Phi) is 11.3. The van der Waals surface area contributed by atoms with Crippen molar-refractivity contribution in [2.75, 3.05) is 19.7 Å². The number of rotatable bonds is 13. The number of hydrazone groups is 1. The highest BCUT2D eigenvalue weighted by Gasteiger charge is 2.22. The van der Waals surface area contributed by atoms with E-state index in [1.54, 1.807) is 25.3 Å². The van der Waals surface area contributed by atoms with Crippen molar-refractivity contribution in [3.63, 3.8) is 0 Å². The van der Waals surface area contributed by atoms with Crippen LogP contribution in [0.15, 0.2) is 69.7 Å². The van der Waals surface area contributed by atoms with Crippen LogP contribution in [0, 0.1) is 11.8 Å². The molecule has 2 N–H and O–H groups in total. The Morgan fingerprint density at radius 3 is 2.75 bits per heavy atom. The fourth-order valence-corrected chi connectivity index (χ4v) is 2.87. The molecule has 0 radical (unpaired) electrons. The number of allylic oxidation sites excluding steroid dienone is 7. The SMILES string of the molecule is C/C=C\C(=N/N(C=O)C/C(CCN)=C(C)/C=N/C1=CC=CCC#C1)c1cnc(OCC(C)(F)F)nc1. The van der Waals surface area contributed by atoms with Crippen molar-refractivity contribution >= 4 is 18.3 Å². The van der Waals surface area contributed by atoms with Crippen LogP contribution in [0.4, 0.5) is 8.78 Å². The maximum atomic E-state index is 13.0. The molecule has 190 valence electrons. The molecule has 0 unspecified atom stereocenters. The topological polar surface area (TPSA) is 106 Å². The summed E-state index contributed by atoms with van der Waals surface area (Å²) in [6.07, 6.45) is 15.4. The molecule has 0 saturated carbocycles. The molecule has 0 bridgehead atoms. The monoisotopic (exact) mass is 496 g/mol. The first kappa shape index (κ1) is 28.3. The minimum absolute atomic E-state index is 0.181. The summed E-state index contributed by atoms with van der Waals surface area (Å²) in [5.74, 6) is 2.98. The van der Waals surface area contributed by atoms with E-state index in [1.807, 2.05) is 25.2 Å². The second-order valence-electron chi connectivity index (χ2n) is 7.87. The van der Waals surface area contributed by atoms with Crippen LogP contribution < -0.4 is 10.5 Å². The predicted octanol–water partition coefficient (Wildman–Crippen LogP) is 3.83. The van der Waals surface area contributed by atoms with E-state index < -0.39 is 12.5 Å². The van der Waals surface area contributed by atoms with Crippen LogP contribution >= 0.6 is 0 Å². The lowest BCUT2D eigenvalue weighted by Crippen LogP contribution is -2.23. The number of aromatic nitrogens is 2. The van der Waals surface area contributed by atoms with Gasteiger partial charge in [-0.25, -0.2) is 28.8 Å². The fraction of sp³-hybridized carbons (Fsp3) is 0.346. The summed E-state index contributed by atoms with van der Waals surface area (Å²) in [6.45, 7) is 4.17. The zero-order valence-corrected chi connectivity index (χ0v) is 20.6. The van der Waals surface area contributed by atoms with Gasteiger partial charge in [-0.15, -0.1) is 0 Å². The number of hydrogen-bond acceptors (Lipinski definition) is 7. The van der Waals surface area contributed by atoms with Gasteiger partial charge in [0.25, 0.3) is 5.92 Å². The number of aliphatic imine (C=N–C) groups is 1. The van der Waals surface area contributed by atoms with E-state index >= 15 is 0 Å². The summed E-state index contributed by atoms with van der Waals surface area (Å²) < 4.78 is 30.9. The molecule has 1 aliphatic rings. The van der Waals surface area contributed by atoms with Crippen molar-refractivity contribution in [3.8, 4) is 17.9 Å². The summed E-state index contributed by atoms with van der Waals surface area (Å²) in [5.41, 5.74) is 9.06. The number of ether oxygens (including phenoxy) is 1. The zero-order valence-electron chi connectivity index (χ0n) is 20.6. The van der Waals surface area contributed by atoms with E-state index in [0.717, 1.165) is 18.1 Å². The average molecular weight is 497 g/mol. The van der Waals surface area contributed by atoms with Crippen molar-refractivity contribution in [2.45, 2.75) is 39.5 Å². The largest absolute Gasteiger partial charge is 0.457 e. The van der Waals surface area contributed by atoms with Gasteiger partial charge < -0.3 is 10.5 Å². The second-order valence-corrected chi connectivity index (χ2v) is 7.87. The zero-order chi connectivity index (χ0) is 26.4. The van der Waals surface area contributed by atoms with Crippen LogP contribution in [-0.4, -0.2) is 58.9 Å². The maximum absolute atomic E-state index is 13.0. The van der Waals surface area contributed by atoms with Gasteiger partial charge in [-0.05, 0) is 56.0 Å². The van der Waals surface area contributed by atoms with Crippen LogP contribution in [-0.2, 0) is 4.79 Å². The molecule has 8 nitrogen and oxygen atoms in total. The summed E-state index contributed by atoms with van der Waals surface area (Å²) in [6, 6.07) is -0.181. The van der Waals surface area contributed by atoms with Gasteiger partial charge in [0.2, 0.25) is 6.41 Å². The molecular weight excluding hydrogens is 466 g/mol. The number of nitrogens with zero attached hydrogens (tertiary/aromatic N) is 5. The maximum Gasteiger partial charge on any atom is 0.316 e. The standard InChI is InChI=1S/C26H30F2N6O2/c1-4-9-24(22-15-31-25(32-16-22)36-18-26(3,27)28)33-34(19-35)17-21(12-13-29)20(2)14-30-23-10-7-5-6-8-11-23/h4-5,7,9-10,14-16,19H,6,12-13,17-18,29H2,1-3H3/b9-4-,21-20+,30-14+,33-24+. The summed E-state index contributed by atoms with van der Waals surface area (Å²) in [7, 11) is 0. The lowest BCUT2D eigenvalue weighted by atomic mass is 10.1. The molecule has 36 heavy (non-hydrogen) atoms. The molecule has 1 aromatic heterocycles. The number of hydrogen-bond donors (Lipinski definition) is 1. The van der Waals surface area contributed by atoms with E-state index in [9.17, 15) is 13.6 Å². The molecule has 0 fully saturated rings. The number of nitrogens with two attached hydrogens (primary N) is 1. The molecule has 0 aliphatic heterocycles. The van der Waals surface area contributed by atoms with Crippen LogP contribution in [0.5, 0.6) is 6.01 Å². The number of halogens is 2. The molecule has 10 heteroatoms. The molecule has 1 aliphatic carbocycles. The average Bonchev–Trinajstić information content (AvgIpc) is 3.13. The Labute approximate surface area is 210 Å². The van der Waals surface area contributed by atoms with Crippen molar-refractivity contribution in [1.82, 2.24) is 15.0 Å². The van der Waals surface area contributed by atoms with E-state index in [0.29, 0.717) is 42.8 Å². The minimum Gasteiger partial charge on any atom is -0.457 e. The van der Waals surface area contributed by atoms with Crippen LogP contribution in [0.25, 0.3) is 0 Å². The number of amides is 1. The smallest absolute Gasteiger partial charge is 0.316 e. The molecule has 2 rings (SSSR count). The van der Waals surface area contributed by atoms with Gasteiger partial charge in [0.15, 0.2) is 6.61 Å². The van der Waals surface area contributed by atoms with E-state index in [1.165, 1.54) is 17.4 Å². The molecule has 0 saturated heterocycles. The fourth-order valence-electron chi connectivity index (χ4n) is 2.87. The van der Waals surface area contributed by atoms with Crippen LogP contribution in [0.1, 0.15) is 39.2 Å². The first-order valence-electron chi connectivity index (χ1n) is 11.3. The Morgan fingerprint density at radius 2 is 2.11 bits per heavy atom. The first-order valence-corrected chi connectivity index (χ1v) is 11.3. The lowest BCUT2D eigenvalue weighted by Gasteiger charge is -2.17. The summed E-state index contributed by atoms with van der Waals surface area (Å²) in [5, 5.41) is 5.67. The van der Waals surface area contributed by atoms with Gasteiger partial charge in [0.1, 0.15) is 5.70 Å². The van der Waals surface area contributed by atoms with Gasteiger partial charge in [-0.1, -0.05) is 24.1 Å². The highest BCUT2D eigenvalue weighted by molar-refractivity contribution is 6.08. The Bertz CT molecular complexity index is 1130. The van der Waals surface area contributed by atoms with Crippen LogP contribution in [0.2, 0.25) is 0 Å². The van der Waals surface area contributed by atoms with Crippen LogP contribution in [0.3, 0.4) is 0 Å². The molecule has 0 spiro atoms. The van der Waals surface area contributed by atoms with E-state index in [4.69, 9.17) is 10.5 Å². The Morgan fingerprint density at radius 1 is 1.36 bits per heavy atom. The van der Waals surface area contributed by atoms with Gasteiger partial charge in [-0.3, -0.25) is 4.79 Å². The van der Waals surface area contributed by atoms with Gasteiger partial charge in [0, 0.05) is 37.5 Å². The normalized spacial score (nSPS) is 14.7. The van der Waals surface area contributed by atoms with E-state index in [-0.39, 0.29) is 12.6 Å². The highest BCUT2D eigenvalue weighted by Crippen LogP contribution is 2.15. The molecule has 0 aromatic carbocycles. The van der Waals surface area contributed by atoms with Gasteiger partial charge in [-0.2, -0.15) is 5.10 Å². The quantitative estimate of drug-likeness (QED) is 0.193. The van der Waals surface area contributed by atoms with Crippen molar-refractivity contribution < 1.29 is 18.3 Å². The second kappa shape index (κ2) is 14.4. The number of alkyl halides is 2. The third-order valence-corrected chi connectivity index (χ3v) is 4.64. The molecule has 1 amide bonds. The highest BCUT2D eigenvalue weighted by atomic mass is 19.3. The van der Waals surface area contributed by atoms with Crippen molar-refractivity contribution in [2.24, 2.45) is 15.8 Å². The predicted molar refractivity (Wildman–Crippen MR) is 137 cm³/mol. The summed E-state index contributed by atoms with van der Waals surface area (Å²) in [4.78, 5) is 24.2. The van der Waals surface area contributed by atoms with E-state index in [2.05, 4.69) is 31.9 Å². The third-order valence-electron chi connectivity index (χ3n) is 4.64. The minimum atomic E-state index is -3.00. The first-order chi connectivity index (χ1) is 17.3. The van der Waals surface area contributed by atoms with Crippen molar-refractivity contribution in [3.05, 3.63) is 65.2 Å². The third kappa shape index (κ3) is 10.1. The van der Waals surface area contributed by atoms with Crippen molar-refractivity contribution in [1.29, 1.82) is 0 Å². The molecule has 0 atom stereocenters. The van der Waals surface area contributed by atoms with Gasteiger partial charge in [0.05, 0.1) is 12.3 Å². The Hall–Kier alpha value is -3.97. The number of carbonyl (C=O) groups excluding carboxylic acids is 1. The van der Waals surface area contributed by atoms with Gasteiger partial charge >= 0.3 is 6.01 Å². The lowest BCUT2D eigenvalue weighted by molar-refractivity contribution is -0.117. The molecule has 1 heterocycles. The Balaban J connectivity index is 2.25. The molecular formula is C26H30F2N6O2. The summed E-state index contributed by atoms with van der Waals surface area (Å²) >= 11 is 0. The molecule has 1 aromatic rings.